The Labute approximate surface area is 134 Å². The standard InChI is InChI=1S/C15H12F2N2OS2/c16-14(17)20-11-4-1-9(2-5-11)8-21-15-19-12-6-3-10(18)7-13(12)22-15/h1-7,14H,8,18H2. The number of nitrogens with zero attached hydrogens (tertiary/aromatic N) is 1. The molecule has 0 aliphatic heterocycles. The van der Waals surface area contributed by atoms with Gasteiger partial charge in [-0.2, -0.15) is 8.78 Å². The maximum Gasteiger partial charge on any atom is 0.387 e. The van der Waals surface area contributed by atoms with E-state index in [1.165, 1.54) is 0 Å². The lowest BCUT2D eigenvalue weighted by Gasteiger charge is -2.05. The predicted molar refractivity (Wildman–Crippen MR) is 86.7 cm³/mol. The molecule has 1 aromatic heterocycles. The van der Waals surface area contributed by atoms with Crippen LogP contribution in [-0.2, 0) is 5.75 Å². The van der Waals surface area contributed by atoms with Crippen molar-refractivity contribution in [2.45, 2.75) is 16.7 Å². The van der Waals surface area contributed by atoms with Crippen LogP contribution in [0.2, 0.25) is 0 Å². The van der Waals surface area contributed by atoms with E-state index >= 15 is 0 Å². The van der Waals surface area contributed by atoms with Gasteiger partial charge in [-0.3, -0.25) is 0 Å². The summed E-state index contributed by atoms with van der Waals surface area (Å²) in [6, 6.07) is 12.3. The SMILES string of the molecule is Nc1ccc2nc(SCc3ccc(OC(F)F)cc3)sc2c1. The number of thiazole rings is 1. The second-order valence-electron chi connectivity index (χ2n) is 4.52. The summed E-state index contributed by atoms with van der Waals surface area (Å²) >= 11 is 3.19. The van der Waals surface area contributed by atoms with Gasteiger partial charge in [0.25, 0.3) is 0 Å². The summed E-state index contributed by atoms with van der Waals surface area (Å²) in [6.07, 6.45) is 0. The maximum absolute atomic E-state index is 12.1. The van der Waals surface area contributed by atoms with Crippen LogP contribution in [0.1, 0.15) is 5.56 Å². The third-order valence-corrected chi connectivity index (χ3v) is 5.14. The molecule has 3 aromatic rings. The van der Waals surface area contributed by atoms with Gasteiger partial charge in [-0.15, -0.1) is 11.3 Å². The molecule has 3 rings (SSSR count). The first kappa shape index (κ1) is 15.1. The number of thioether (sulfide) groups is 1. The minimum absolute atomic E-state index is 0.166. The third kappa shape index (κ3) is 3.66. The second kappa shape index (κ2) is 6.50. The number of anilines is 1. The molecular weight excluding hydrogens is 326 g/mol. The van der Waals surface area contributed by atoms with Gasteiger partial charge >= 0.3 is 6.61 Å². The van der Waals surface area contributed by atoms with Crippen LogP contribution < -0.4 is 10.5 Å². The zero-order chi connectivity index (χ0) is 15.5. The van der Waals surface area contributed by atoms with Gasteiger partial charge in [-0.1, -0.05) is 23.9 Å². The van der Waals surface area contributed by atoms with E-state index < -0.39 is 6.61 Å². The molecule has 0 atom stereocenters. The fraction of sp³-hybridized carbons (Fsp3) is 0.133. The summed E-state index contributed by atoms with van der Waals surface area (Å²) in [5, 5.41) is 0. The first-order valence-corrected chi connectivity index (χ1v) is 8.23. The topological polar surface area (TPSA) is 48.1 Å². The Kier molecular flexibility index (Phi) is 4.44. The van der Waals surface area contributed by atoms with Crippen molar-refractivity contribution in [3.8, 4) is 5.75 Å². The molecule has 0 saturated heterocycles. The summed E-state index contributed by atoms with van der Waals surface area (Å²) in [5.41, 5.74) is 8.43. The summed E-state index contributed by atoms with van der Waals surface area (Å²) in [6.45, 7) is -2.80. The normalized spacial score (nSPS) is 11.2. The van der Waals surface area contributed by atoms with Crippen LogP contribution in [0.5, 0.6) is 5.75 Å². The van der Waals surface area contributed by atoms with Crippen LogP contribution in [0.25, 0.3) is 10.2 Å². The van der Waals surface area contributed by atoms with E-state index in [-0.39, 0.29) is 5.75 Å². The van der Waals surface area contributed by atoms with Gasteiger partial charge < -0.3 is 10.5 Å². The highest BCUT2D eigenvalue weighted by molar-refractivity contribution is 8.00. The molecule has 114 valence electrons. The number of benzene rings is 2. The van der Waals surface area contributed by atoms with Gasteiger partial charge in [-0.05, 0) is 35.9 Å². The lowest BCUT2D eigenvalue weighted by molar-refractivity contribution is -0.0498. The molecular formula is C15H12F2N2OS2. The Morgan fingerprint density at radius 3 is 2.68 bits per heavy atom. The van der Waals surface area contributed by atoms with Crippen LogP contribution in [0.15, 0.2) is 46.8 Å². The van der Waals surface area contributed by atoms with Crippen LogP contribution >= 0.6 is 23.1 Å². The van der Waals surface area contributed by atoms with Gasteiger partial charge in [0.05, 0.1) is 10.2 Å². The zero-order valence-corrected chi connectivity index (χ0v) is 13.0. The van der Waals surface area contributed by atoms with Crippen molar-refractivity contribution in [2.75, 3.05) is 5.73 Å². The highest BCUT2D eigenvalue weighted by Gasteiger charge is 2.07. The van der Waals surface area contributed by atoms with E-state index in [0.717, 1.165) is 25.8 Å². The van der Waals surface area contributed by atoms with E-state index in [1.807, 2.05) is 18.2 Å². The number of fused-ring (bicyclic) bond motifs is 1. The lowest BCUT2D eigenvalue weighted by atomic mass is 10.2. The van der Waals surface area contributed by atoms with Crippen LogP contribution in [0.3, 0.4) is 0 Å². The smallest absolute Gasteiger partial charge is 0.387 e. The Hall–Kier alpha value is -1.86. The van der Waals surface area contributed by atoms with Gasteiger partial charge in [0.2, 0.25) is 0 Å². The quantitative estimate of drug-likeness (QED) is 0.538. The Bertz CT molecular complexity index is 775. The van der Waals surface area contributed by atoms with Gasteiger partial charge in [-0.25, -0.2) is 4.98 Å². The number of ether oxygens (including phenoxy) is 1. The van der Waals surface area contributed by atoms with Gasteiger partial charge in [0.15, 0.2) is 4.34 Å². The van der Waals surface area contributed by atoms with Gasteiger partial charge in [0.1, 0.15) is 5.75 Å². The summed E-state index contributed by atoms with van der Waals surface area (Å²) in [7, 11) is 0. The van der Waals surface area contributed by atoms with Crippen molar-refractivity contribution in [3.63, 3.8) is 0 Å². The van der Waals surface area contributed by atoms with Crippen molar-refractivity contribution < 1.29 is 13.5 Å². The van der Waals surface area contributed by atoms with Crippen LogP contribution in [0, 0.1) is 0 Å². The monoisotopic (exact) mass is 338 g/mol. The molecule has 2 aromatic carbocycles. The highest BCUT2D eigenvalue weighted by atomic mass is 32.2. The van der Waals surface area contributed by atoms with E-state index in [4.69, 9.17) is 5.73 Å². The molecule has 1 heterocycles. The van der Waals surface area contributed by atoms with Crippen LogP contribution in [-0.4, -0.2) is 11.6 Å². The molecule has 0 bridgehead atoms. The predicted octanol–water partition coefficient (Wildman–Crippen LogP) is 4.77. The number of alkyl halides is 2. The molecule has 2 N–H and O–H groups in total. The number of hydrogen-bond acceptors (Lipinski definition) is 5. The van der Waals surface area contributed by atoms with Crippen molar-refractivity contribution >= 4 is 39.0 Å². The fourth-order valence-electron chi connectivity index (χ4n) is 1.89. The maximum atomic E-state index is 12.1. The molecule has 0 unspecified atom stereocenters. The summed E-state index contributed by atoms with van der Waals surface area (Å²) in [4.78, 5) is 4.53. The number of rotatable bonds is 5. The van der Waals surface area contributed by atoms with Gasteiger partial charge in [0, 0.05) is 11.4 Å². The van der Waals surface area contributed by atoms with Crippen molar-refractivity contribution in [2.24, 2.45) is 0 Å². The molecule has 0 aliphatic carbocycles. The number of nitrogens with two attached hydrogens (primary N) is 1. The molecule has 0 aliphatic rings. The number of hydrogen-bond donors (Lipinski definition) is 1. The first-order valence-electron chi connectivity index (χ1n) is 6.43. The van der Waals surface area contributed by atoms with E-state index in [2.05, 4.69) is 9.72 Å². The largest absolute Gasteiger partial charge is 0.435 e. The molecule has 0 saturated carbocycles. The lowest BCUT2D eigenvalue weighted by Crippen LogP contribution is -2.01. The van der Waals surface area contributed by atoms with Crippen molar-refractivity contribution in [1.29, 1.82) is 0 Å². The molecule has 3 nitrogen and oxygen atoms in total. The minimum atomic E-state index is -2.80. The third-order valence-electron chi connectivity index (χ3n) is 2.90. The Morgan fingerprint density at radius 2 is 1.95 bits per heavy atom. The first-order chi connectivity index (χ1) is 10.6. The van der Waals surface area contributed by atoms with E-state index in [0.29, 0.717) is 5.75 Å². The average Bonchev–Trinajstić information content (AvgIpc) is 2.88. The van der Waals surface area contributed by atoms with E-state index in [9.17, 15) is 8.78 Å². The zero-order valence-electron chi connectivity index (χ0n) is 11.3. The molecule has 0 amide bonds. The number of aromatic nitrogens is 1. The summed E-state index contributed by atoms with van der Waals surface area (Å²) in [5.74, 6) is 0.878. The Morgan fingerprint density at radius 1 is 1.18 bits per heavy atom. The highest BCUT2D eigenvalue weighted by Crippen LogP contribution is 2.32. The molecule has 0 radical (unpaired) electrons. The second-order valence-corrected chi connectivity index (χ2v) is 6.77. The summed E-state index contributed by atoms with van der Waals surface area (Å²) < 4.78 is 30.5. The molecule has 0 fully saturated rings. The molecule has 0 spiro atoms. The van der Waals surface area contributed by atoms with Crippen molar-refractivity contribution in [3.05, 3.63) is 48.0 Å². The number of nitrogen functional groups attached to an aromatic ring is 1. The molecule has 22 heavy (non-hydrogen) atoms. The molecule has 7 heteroatoms. The Balaban J connectivity index is 1.65. The van der Waals surface area contributed by atoms with Crippen molar-refractivity contribution in [1.82, 2.24) is 4.98 Å². The minimum Gasteiger partial charge on any atom is -0.435 e. The fourth-order valence-corrected chi connectivity index (χ4v) is 3.97. The van der Waals surface area contributed by atoms with Crippen LogP contribution in [0.4, 0.5) is 14.5 Å². The van der Waals surface area contributed by atoms with E-state index in [1.54, 1.807) is 47.4 Å². The number of halogens is 2. The average molecular weight is 338 g/mol.